The molecule has 1 N–H and O–H groups in total. The molecule has 3 unspecified atom stereocenters. The normalized spacial score (nSPS) is 20.6. The van der Waals surface area contributed by atoms with Crippen molar-refractivity contribution in [2.24, 2.45) is 11.8 Å². The van der Waals surface area contributed by atoms with Gasteiger partial charge in [-0.05, 0) is 38.3 Å². The number of aromatic nitrogens is 1. The lowest BCUT2D eigenvalue weighted by molar-refractivity contribution is 0.133. The van der Waals surface area contributed by atoms with E-state index in [0.717, 1.165) is 37.9 Å². The molecule has 1 saturated heterocycles. The van der Waals surface area contributed by atoms with Crippen LogP contribution in [0.3, 0.4) is 0 Å². The Kier molecular flexibility index (Phi) is 6.27. The van der Waals surface area contributed by atoms with Crippen LogP contribution in [0.1, 0.15) is 38.7 Å². The predicted octanol–water partition coefficient (Wildman–Crippen LogP) is 4.39. The minimum Gasteiger partial charge on any atom is -0.473 e. The van der Waals surface area contributed by atoms with Gasteiger partial charge in [0.2, 0.25) is 5.88 Å². The summed E-state index contributed by atoms with van der Waals surface area (Å²) in [4.78, 5) is 4.36. The number of nitrogens with zero attached hydrogens (tertiary/aromatic N) is 1. The smallest absolute Gasteiger partial charge is 0.216 e. The van der Waals surface area contributed by atoms with E-state index in [-0.39, 0.29) is 6.10 Å². The number of hydrogen-bond donors (Lipinski definition) is 1. The van der Waals surface area contributed by atoms with E-state index in [4.69, 9.17) is 16.3 Å². The molecule has 3 nitrogen and oxygen atoms in total. The van der Waals surface area contributed by atoms with E-state index in [1.165, 1.54) is 5.57 Å². The van der Waals surface area contributed by atoms with Gasteiger partial charge in [-0.15, -0.1) is 0 Å². The lowest BCUT2D eigenvalue weighted by atomic mass is 9.89. The number of pyridine rings is 1. The summed E-state index contributed by atoms with van der Waals surface area (Å²) in [7, 11) is 0. The zero-order valence-electron chi connectivity index (χ0n) is 13.9. The predicted molar refractivity (Wildman–Crippen MR) is 92.6 cm³/mol. The Morgan fingerprint density at radius 1 is 1.59 bits per heavy atom. The molecule has 122 valence electrons. The molecule has 2 heterocycles. The average Bonchev–Trinajstić information content (AvgIpc) is 3.02. The van der Waals surface area contributed by atoms with Crippen LogP contribution in [0, 0.1) is 18.8 Å². The summed E-state index contributed by atoms with van der Waals surface area (Å²) in [6.45, 7) is 12.8. The molecule has 1 aliphatic rings. The van der Waals surface area contributed by atoms with Gasteiger partial charge in [0.1, 0.15) is 6.10 Å². The summed E-state index contributed by atoms with van der Waals surface area (Å²) < 4.78 is 6.28. The standard InChI is InChI=1S/C18H27ClN2O/c1-5-12(2)13(3)9-17(15-6-7-20-10-15)22-18-14(4)8-16(19)11-21-18/h8,11-12,15,17,20H,3,5-7,9-10H2,1-2,4H3. The molecule has 1 aromatic rings. The summed E-state index contributed by atoms with van der Waals surface area (Å²) in [5, 5.41) is 4.07. The van der Waals surface area contributed by atoms with Gasteiger partial charge in [0.25, 0.3) is 0 Å². The zero-order valence-corrected chi connectivity index (χ0v) is 14.6. The van der Waals surface area contributed by atoms with Crippen molar-refractivity contribution in [1.29, 1.82) is 0 Å². The highest BCUT2D eigenvalue weighted by atomic mass is 35.5. The molecule has 0 aliphatic carbocycles. The topological polar surface area (TPSA) is 34.1 Å². The molecule has 4 heteroatoms. The van der Waals surface area contributed by atoms with Gasteiger partial charge in [0.15, 0.2) is 0 Å². The number of aryl methyl sites for hydroxylation is 1. The third-order valence-corrected chi connectivity index (χ3v) is 4.86. The second-order valence-corrected chi connectivity index (χ2v) is 6.79. The van der Waals surface area contributed by atoms with Crippen molar-refractivity contribution in [1.82, 2.24) is 10.3 Å². The van der Waals surface area contributed by atoms with Crippen LogP contribution in [0.15, 0.2) is 24.4 Å². The number of rotatable bonds is 7. The molecular weight excluding hydrogens is 296 g/mol. The van der Waals surface area contributed by atoms with Gasteiger partial charge in [-0.2, -0.15) is 0 Å². The average molecular weight is 323 g/mol. The first-order valence-electron chi connectivity index (χ1n) is 8.18. The molecule has 0 amide bonds. The van der Waals surface area contributed by atoms with Crippen LogP contribution >= 0.6 is 11.6 Å². The lowest BCUT2D eigenvalue weighted by Gasteiger charge is -2.27. The Hall–Kier alpha value is -1.06. The molecular formula is C18H27ClN2O. The highest BCUT2D eigenvalue weighted by molar-refractivity contribution is 6.30. The number of halogens is 1. The van der Waals surface area contributed by atoms with Crippen molar-refractivity contribution in [3.05, 3.63) is 35.0 Å². The molecule has 3 atom stereocenters. The Morgan fingerprint density at radius 3 is 2.95 bits per heavy atom. The van der Waals surface area contributed by atoms with Crippen molar-refractivity contribution in [2.45, 2.75) is 46.1 Å². The van der Waals surface area contributed by atoms with Gasteiger partial charge < -0.3 is 10.1 Å². The van der Waals surface area contributed by atoms with E-state index in [0.29, 0.717) is 22.7 Å². The lowest BCUT2D eigenvalue weighted by Crippen LogP contribution is -2.30. The molecule has 22 heavy (non-hydrogen) atoms. The fourth-order valence-corrected chi connectivity index (χ4v) is 3.05. The summed E-state index contributed by atoms with van der Waals surface area (Å²) in [5.74, 6) is 1.73. The third kappa shape index (κ3) is 4.47. The van der Waals surface area contributed by atoms with Gasteiger partial charge >= 0.3 is 0 Å². The first-order valence-corrected chi connectivity index (χ1v) is 8.56. The molecule has 0 radical (unpaired) electrons. The van der Waals surface area contributed by atoms with Crippen molar-refractivity contribution in [2.75, 3.05) is 13.1 Å². The molecule has 0 saturated carbocycles. The maximum atomic E-state index is 6.28. The third-order valence-electron chi connectivity index (χ3n) is 4.66. The first kappa shape index (κ1) is 17.3. The molecule has 0 aromatic carbocycles. The van der Waals surface area contributed by atoms with Crippen LogP contribution in [0.2, 0.25) is 5.02 Å². The van der Waals surface area contributed by atoms with Crippen LogP contribution < -0.4 is 10.1 Å². The minimum atomic E-state index is 0.129. The monoisotopic (exact) mass is 322 g/mol. The highest BCUT2D eigenvalue weighted by Crippen LogP contribution is 2.28. The van der Waals surface area contributed by atoms with Crippen LogP contribution in [-0.4, -0.2) is 24.2 Å². The summed E-state index contributed by atoms with van der Waals surface area (Å²) in [5.41, 5.74) is 2.25. The fraction of sp³-hybridized carbons (Fsp3) is 0.611. The Morgan fingerprint density at radius 2 is 2.36 bits per heavy atom. The van der Waals surface area contributed by atoms with Crippen molar-refractivity contribution in [3.63, 3.8) is 0 Å². The van der Waals surface area contributed by atoms with Gasteiger partial charge in [-0.1, -0.05) is 37.6 Å². The van der Waals surface area contributed by atoms with Gasteiger partial charge in [-0.25, -0.2) is 4.98 Å². The number of nitrogens with one attached hydrogen (secondary N) is 1. The van der Waals surface area contributed by atoms with Crippen LogP contribution in [0.5, 0.6) is 5.88 Å². The molecule has 1 fully saturated rings. The second kappa shape index (κ2) is 7.98. The summed E-state index contributed by atoms with van der Waals surface area (Å²) in [6, 6.07) is 1.90. The minimum absolute atomic E-state index is 0.129. The van der Waals surface area contributed by atoms with Crippen LogP contribution in [0.4, 0.5) is 0 Å². The van der Waals surface area contributed by atoms with Crippen LogP contribution in [0.25, 0.3) is 0 Å². The van der Waals surface area contributed by atoms with Gasteiger partial charge in [0.05, 0.1) is 5.02 Å². The maximum Gasteiger partial charge on any atom is 0.216 e. The first-order chi connectivity index (χ1) is 10.5. The molecule has 0 bridgehead atoms. The van der Waals surface area contributed by atoms with Crippen molar-refractivity contribution < 1.29 is 4.74 Å². The number of ether oxygens (including phenoxy) is 1. The Bertz CT molecular complexity index is 512. The highest BCUT2D eigenvalue weighted by Gasteiger charge is 2.28. The van der Waals surface area contributed by atoms with E-state index in [1.54, 1.807) is 6.20 Å². The van der Waals surface area contributed by atoms with E-state index < -0.39 is 0 Å². The maximum absolute atomic E-state index is 6.28. The van der Waals surface area contributed by atoms with E-state index >= 15 is 0 Å². The SMILES string of the molecule is C=C(CC(Oc1ncc(Cl)cc1C)C1CCNC1)C(C)CC. The largest absolute Gasteiger partial charge is 0.473 e. The van der Waals surface area contributed by atoms with Crippen LogP contribution in [-0.2, 0) is 0 Å². The van der Waals surface area contributed by atoms with E-state index in [2.05, 4.69) is 30.7 Å². The number of hydrogen-bond acceptors (Lipinski definition) is 3. The molecule has 2 rings (SSSR count). The molecule has 0 spiro atoms. The Balaban J connectivity index is 2.11. The summed E-state index contributed by atoms with van der Waals surface area (Å²) in [6.07, 6.45) is 4.93. The fourth-order valence-electron chi connectivity index (χ4n) is 2.84. The summed E-state index contributed by atoms with van der Waals surface area (Å²) >= 11 is 5.98. The Labute approximate surface area is 139 Å². The zero-order chi connectivity index (χ0) is 16.1. The van der Waals surface area contributed by atoms with Gasteiger partial charge in [-0.3, -0.25) is 0 Å². The quantitative estimate of drug-likeness (QED) is 0.756. The second-order valence-electron chi connectivity index (χ2n) is 6.36. The molecule has 1 aromatic heterocycles. The van der Waals surface area contributed by atoms with E-state index in [9.17, 15) is 0 Å². The van der Waals surface area contributed by atoms with Crippen molar-refractivity contribution >= 4 is 11.6 Å². The van der Waals surface area contributed by atoms with E-state index in [1.807, 2.05) is 13.0 Å². The van der Waals surface area contributed by atoms with Gasteiger partial charge in [0, 0.05) is 30.6 Å². The van der Waals surface area contributed by atoms with Crippen molar-refractivity contribution in [3.8, 4) is 5.88 Å². The molecule has 1 aliphatic heterocycles.